The van der Waals surface area contributed by atoms with E-state index in [9.17, 15) is 0 Å². The average Bonchev–Trinajstić information content (AvgIpc) is 2.36. The molecule has 0 fully saturated rings. The number of nitrogens with zero attached hydrogens (tertiary/aromatic N) is 1. The highest BCUT2D eigenvalue weighted by atomic mass is 35.5. The first kappa shape index (κ1) is 14.0. The Kier molecular flexibility index (Phi) is 5.19. The molecule has 2 rings (SSSR count). The molecular formula is C13H10Cl3NS. The standard InChI is InChI=1S/C13H10Cl3NS/c14-10-3-1-9(2-4-10)7-18-8-12-11(15)5-6-13(16)17-12/h1-6H,7-8H2. The van der Waals surface area contributed by atoms with Crippen molar-refractivity contribution in [1.29, 1.82) is 0 Å². The van der Waals surface area contributed by atoms with Gasteiger partial charge in [0.1, 0.15) is 5.15 Å². The summed E-state index contributed by atoms with van der Waals surface area (Å²) in [6.45, 7) is 0. The Hall–Kier alpha value is -0.410. The van der Waals surface area contributed by atoms with E-state index in [1.165, 1.54) is 5.56 Å². The van der Waals surface area contributed by atoms with Crippen LogP contribution in [0, 0.1) is 0 Å². The molecule has 1 nitrogen and oxygen atoms in total. The zero-order valence-corrected chi connectivity index (χ0v) is 12.5. The lowest BCUT2D eigenvalue weighted by Gasteiger charge is -2.04. The first-order chi connectivity index (χ1) is 8.65. The fourth-order valence-electron chi connectivity index (χ4n) is 1.41. The molecule has 2 aromatic rings. The molecule has 0 aliphatic carbocycles. The molecule has 0 N–H and O–H groups in total. The minimum absolute atomic E-state index is 0.474. The van der Waals surface area contributed by atoms with E-state index in [1.54, 1.807) is 23.9 Å². The number of rotatable bonds is 4. The molecule has 1 aromatic carbocycles. The summed E-state index contributed by atoms with van der Waals surface area (Å²) in [6.07, 6.45) is 0. The van der Waals surface area contributed by atoms with Crippen molar-refractivity contribution in [1.82, 2.24) is 4.98 Å². The number of hydrogen-bond donors (Lipinski definition) is 0. The first-order valence-corrected chi connectivity index (χ1v) is 7.57. The van der Waals surface area contributed by atoms with Crippen molar-refractivity contribution < 1.29 is 0 Å². The molecule has 18 heavy (non-hydrogen) atoms. The lowest BCUT2D eigenvalue weighted by atomic mass is 10.2. The Bertz CT molecular complexity index is 528. The van der Waals surface area contributed by atoms with Gasteiger partial charge in [0, 0.05) is 16.5 Å². The Labute approximate surface area is 125 Å². The van der Waals surface area contributed by atoms with Crippen molar-refractivity contribution in [2.24, 2.45) is 0 Å². The van der Waals surface area contributed by atoms with Crippen LogP contribution in [0.25, 0.3) is 0 Å². The van der Waals surface area contributed by atoms with Crippen LogP contribution in [0.2, 0.25) is 15.2 Å². The van der Waals surface area contributed by atoms with Crippen LogP contribution in [-0.4, -0.2) is 4.98 Å². The summed E-state index contributed by atoms with van der Waals surface area (Å²) < 4.78 is 0. The second kappa shape index (κ2) is 6.67. The number of benzene rings is 1. The zero-order valence-electron chi connectivity index (χ0n) is 9.37. The van der Waals surface area contributed by atoms with Crippen molar-refractivity contribution in [2.45, 2.75) is 11.5 Å². The highest BCUT2D eigenvalue weighted by Crippen LogP contribution is 2.24. The van der Waals surface area contributed by atoms with E-state index in [2.05, 4.69) is 4.98 Å². The maximum atomic E-state index is 6.05. The molecule has 0 spiro atoms. The molecule has 94 valence electrons. The molecule has 0 bridgehead atoms. The predicted octanol–water partition coefficient (Wildman–Crippen LogP) is 5.48. The van der Waals surface area contributed by atoms with Crippen LogP contribution in [0.4, 0.5) is 0 Å². The summed E-state index contributed by atoms with van der Waals surface area (Å²) in [5.74, 6) is 1.63. The van der Waals surface area contributed by atoms with Crippen molar-refractivity contribution in [3.63, 3.8) is 0 Å². The van der Waals surface area contributed by atoms with Crippen molar-refractivity contribution in [2.75, 3.05) is 0 Å². The van der Waals surface area contributed by atoms with Crippen LogP contribution in [0.1, 0.15) is 11.3 Å². The Morgan fingerprint density at radius 3 is 2.33 bits per heavy atom. The quantitative estimate of drug-likeness (QED) is 0.693. The van der Waals surface area contributed by atoms with Crippen molar-refractivity contribution in [3.05, 3.63) is 62.9 Å². The molecular weight excluding hydrogens is 309 g/mol. The van der Waals surface area contributed by atoms with Gasteiger partial charge in [-0.1, -0.05) is 46.9 Å². The zero-order chi connectivity index (χ0) is 13.0. The first-order valence-electron chi connectivity index (χ1n) is 5.28. The molecule has 0 aliphatic rings. The lowest BCUT2D eigenvalue weighted by molar-refractivity contribution is 1.17. The predicted molar refractivity (Wildman–Crippen MR) is 80.7 cm³/mol. The van der Waals surface area contributed by atoms with Crippen LogP contribution in [0.15, 0.2) is 36.4 Å². The van der Waals surface area contributed by atoms with Gasteiger partial charge in [-0.3, -0.25) is 0 Å². The summed E-state index contributed by atoms with van der Waals surface area (Å²) in [5, 5.41) is 1.88. The van der Waals surface area contributed by atoms with Gasteiger partial charge in [-0.15, -0.1) is 0 Å². The van der Waals surface area contributed by atoms with Gasteiger partial charge in [0.05, 0.1) is 10.7 Å². The summed E-state index contributed by atoms with van der Waals surface area (Å²) in [7, 11) is 0. The normalized spacial score (nSPS) is 10.6. The summed E-state index contributed by atoms with van der Waals surface area (Å²) in [5.41, 5.74) is 2.05. The maximum Gasteiger partial charge on any atom is 0.129 e. The van der Waals surface area contributed by atoms with E-state index in [-0.39, 0.29) is 0 Å². The van der Waals surface area contributed by atoms with E-state index in [0.717, 1.165) is 22.2 Å². The number of hydrogen-bond acceptors (Lipinski definition) is 2. The van der Waals surface area contributed by atoms with Crippen LogP contribution in [0.3, 0.4) is 0 Å². The van der Waals surface area contributed by atoms with E-state index >= 15 is 0 Å². The van der Waals surface area contributed by atoms with Gasteiger partial charge >= 0.3 is 0 Å². The molecule has 0 saturated carbocycles. The molecule has 1 aromatic heterocycles. The Balaban J connectivity index is 1.92. The third kappa shape index (κ3) is 4.06. The highest BCUT2D eigenvalue weighted by Gasteiger charge is 2.03. The maximum absolute atomic E-state index is 6.05. The average molecular weight is 319 g/mol. The van der Waals surface area contributed by atoms with Gasteiger partial charge in [0.25, 0.3) is 0 Å². The second-order valence-electron chi connectivity index (χ2n) is 3.68. The second-order valence-corrected chi connectivity index (χ2v) is 5.90. The molecule has 0 aliphatic heterocycles. The number of thioether (sulfide) groups is 1. The van der Waals surface area contributed by atoms with Crippen molar-refractivity contribution >= 4 is 46.6 Å². The largest absolute Gasteiger partial charge is 0.239 e. The number of aromatic nitrogens is 1. The van der Waals surface area contributed by atoms with Gasteiger partial charge in [0.15, 0.2) is 0 Å². The molecule has 1 heterocycles. The van der Waals surface area contributed by atoms with E-state index in [1.807, 2.05) is 24.3 Å². The number of halogens is 3. The molecule has 0 unspecified atom stereocenters. The molecule has 0 radical (unpaired) electrons. The van der Waals surface area contributed by atoms with Crippen LogP contribution in [-0.2, 0) is 11.5 Å². The topological polar surface area (TPSA) is 12.9 Å². The molecule has 5 heteroatoms. The summed E-state index contributed by atoms with van der Waals surface area (Å²) in [4.78, 5) is 4.21. The van der Waals surface area contributed by atoms with E-state index < -0.39 is 0 Å². The number of pyridine rings is 1. The molecule has 0 saturated heterocycles. The third-order valence-electron chi connectivity index (χ3n) is 2.31. The Morgan fingerprint density at radius 1 is 0.889 bits per heavy atom. The van der Waals surface area contributed by atoms with Gasteiger partial charge in [-0.2, -0.15) is 11.8 Å². The Morgan fingerprint density at radius 2 is 1.61 bits per heavy atom. The minimum Gasteiger partial charge on any atom is -0.239 e. The monoisotopic (exact) mass is 317 g/mol. The minimum atomic E-state index is 0.474. The fraction of sp³-hybridized carbons (Fsp3) is 0.154. The fourth-order valence-corrected chi connectivity index (χ4v) is 2.89. The van der Waals surface area contributed by atoms with Gasteiger partial charge in [-0.05, 0) is 29.8 Å². The molecule has 0 amide bonds. The van der Waals surface area contributed by atoms with Gasteiger partial charge in [0.2, 0.25) is 0 Å². The summed E-state index contributed by atoms with van der Waals surface area (Å²) in [6, 6.07) is 11.3. The SMILES string of the molecule is Clc1ccc(CSCc2nc(Cl)ccc2Cl)cc1. The van der Waals surface area contributed by atoms with Gasteiger partial charge in [-0.25, -0.2) is 4.98 Å². The smallest absolute Gasteiger partial charge is 0.129 e. The highest BCUT2D eigenvalue weighted by molar-refractivity contribution is 7.97. The van der Waals surface area contributed by atoms with Crippen LogP contribution < -0.4 is 0 Å². The van der Waals surface area contributed by atoms with E-state index in [4.69, 9.17) is 34.8 Å². The van der Waals surface area contributed by atoms with Crippen LogP contribution >= 0.6 is 46.6 Å². The third-order valence-corrected chi connectivity index (χ3v) is 4.13. The summed E-state index contributed by atoms with van der Waals surface area (Å²) >= 11 is 19.5. The lowest BCUT2D eigenvalue weighted by Crippen LogP contribution is -1.90. The molecule has 0 atom stereocenters. The van der Waals surface area contributed by atoms with E-state index in [0.29, 0.717) is 10.2 Å². The van der Waals surface area contributed by atoms with Crippen LogP contribution in [0.5, 0.6) is 0 Å². The van der Waals surface area contributed by atoms with Crippen molar-refractivity contribution in [3.8, 4) is 0 Å². The van der Waals surface area contributed by atoms with Gasteiger partial charge < -0.3 is 0 Å².